The molecule has 0 aliphatic carbocycles. The van der Waals surface area contributed by atoms with Gasteiger partial charge in [0.1, 0.15) is 6.04 Å². The van der Waals surface area contributed by atoms with Crippen LogP contribution >= 0.6 is 0 Å². The van der Waals surface area contributed by atoms with Crippen LogP contribution in [0.1, 0.15) is 59.3 Å². The number of rotatable bonds is 11. The van der Waals surface area contributed by atoms with E-state index in [1.807, 2.05) is 13.8 Å². The lowest BCUT2D eigenvalue weighted by molar-refractivity contribution is -0.149. The van der Waals surface area contributed by atoms with Crippen molar-refractivity contribution in [1.29, 1.82) is 0 Å². The summed E-state index contributed by atoms with van der Waals surface area (Å²) in [6, 6.07) is -0.793. The van der Waals surface area contributed by atoms with Crippen molar-refractivity contribution < 1.29 is 23.9 Å². The van der Waals surface area contributed by atoms with Crippen LogP contribution in [-0.2, 0) is 23.9 Å². The molecule has 1 N–H and O–H groups in total. The molecule has 122 valence electrons. The van der Waals surface area contributed by atoms with Crippen molar-refractivity contribution in [2.24, 2.45) is 0 Å². The Morgan fingerprint density at radius 1 is 1.00 bits per heavy atom. The molecule has 0 heterocycles. The first kappa shape index (κ1) is 19.4. The topological polar surface area (TPSA) is 81.7 Å². The maximum atomic E-state index is 11.8. The van der Waals surface area contributed by atoms with Crippen molar-refractivity contribution in [3.05, 3.63) is 0 Å². The minimum atomic E-state index is -0.793. The van der Waals surface area contributed by atoms with Gasteiger partial charge in [-0.2, -0.15) is 0 Å². The highest BCUT2D eigenvalue weighted by Crippen LogP contribution is 2.04. The van der Waals surface area contributed by atoms with Gasteiger partial charge in [-0.3, -0.25) is 9.59 Å². The smallest absolute Gasteiger partial charge is 0.328 e. The predicted octanol–water partition coefficient (Wildman–Crippen LogP) is 1.96. The lowest BCUT2D eigenvalue weighted by Gasteiger charge is -2.16. The molecule has 0 rings (SSSR count). The minimum Gasteiger partial charge on any atom is -0.466 e. The van der Waals surface area contributed by atoms with E-state index in [0.717, 1.165) is 25.7 Å². The minimum absolute atomic E-state index is 0.0809. The fourth-order valence-corrected chi connectivity index (χ4v) is 1.58. The third-order valence-electron chi connectivity index (χ3n) is 2.80. The molecular weight excluding hydrogens is 274 g/mol. The Kier molecular flexibility index (Phi) is 11.3. The van der Waals surface area contributed by atoms with E-state index in [4.69, 9.17) is 9.47 Å². The summed E-state index contributed by atoms with van der Waals surface area (Å²) in [5.74, 6) is -1.19. The lowest BCUT2D eigenvalue weighted by atomic mass is 10.1. The van der Waals surface area contributed by atoms with E-state index in [-0.39, 0.29) is 24.7 Å². The molecule has 0 saturated carbocycles. The van der Waals surface area contributed by atoms with E-state index in [1.165, 1.54) is 6.92 Å². The average Bonchev–Trinajstić information content (AvgIpc) is 2.43. The highest BCUT2D eigenvalue weighted by Gasteiger charge is 2.22. The second-order valence-electron chi connectivity index (χ2n) is 4.89. The summed E-state index contributed by atoms with van der Waals surface area (Å²) in [7, 11) is 0. The van der Waals surface area contributed by atoms with Crippen molar-refractivity contribution in [2.75, 3.05) is 13.2 Å². The van der Waals surface area contributed by atoms with Crippen LogP contribution in [0.5, 0.6) is 0 Å². The van der Waals surface area contributed by atoms with Gasteiger partial charge in [0, 0.05) is 13.3 Å². The fourth-order valence-electron chi connectivity index (χ4n) is 1.58. The van der Waals surface area contributed by atoms with Crippen LogP contribution in [0.15, 0.2) is 0 Å². The van der Waals surface area contributed by atoms with Crippen molar-refractivity contribution in [1.82, 2.24) is 5.32 Å². The number of ether oxygens (including phenoxy) is 2. The monoisotopic (exact) mass is 301 g/mol. The van der Waals surface area contributed by atoms with E-state index in [2.05, 4.69) is 5.32 Å². The molecule has 0 spiro atoms. The number of hydrogen-bond acceptors (Lipinski definition) is 5. The number of hydrogen-bond donors (Lipinski definition) is 1. The normalized spacial score (nSPS) is 11.6. The zero-order valence-corrected chi connectivity index (χ0v) is 13.3. The molecule has 0 bridgehead atoms. The molecule has 1 amide bonds. The highest BCUT2D eigenvalue weighted by atomic mass is 16.5. The highest BCUT2D eigenvalue weighted by molar-refractivity contribution is 5.83. The first-order chi connectivity index (χ1) is 10.0. The molecule has 0 aliphatic rings. The summed E-state index contributed by atoms with van der Waals surface area (Å²) in [6.45, 7) is 6.04. The van der Waals surface area contributed by atoms with Gasteiger partial charge in [-0.15, -0.1) is 0 Å². The van der Waals surface area contributed by atoms with Crippen LogP contribution in [0.4, 0.5) is 0 Å². The number of nitrogens with one attached hydrogen (secondary N) is 1. The molecule has 1 atom stereocenters. The van der Waals surface area contributed by atoms with Crippen molar-refractivity contribution in [3.63, 3.8) is 0 Å². The van der Waals surface area contributed by atoms with Crippen molar-refractivity contribution >= 4 is 17.8 Å². The van der Waals surface area contributed by atoms with Gasteiger partial charge < -0.3 is 14.8 Å². The van der Waals surface area contributed by atoms with Crippen LogP contribution in [0.2, 0.25) is 0 Å². The molecule has 21 heavy (non-hydrogen) atoms. The zero-order chi connectivity index (χ0) is 16.1. The van der Waals surface area contributed by atoms with Gasteiger partial charge in [-0.25, -0.2) is 4.79 Å². The molecule has 6 heteroatoms. The molecule has 0 aromatic heterocycles. The van der Waals surface area contributed by atoms with Crippen LogP contribution < -0.4 is 5.32 Å². The summed E-state index contributed by atoms with van der Waals surface area (Å²) < 4.78 is 10.1. The largest absolute Gasteiger partial charge is 0.466 e. The summed E-state index contributed by atoms with van der Waals surface area (Å²) in [5, 5.41) is 2.51. The number of carbonyl (C=O) groups is 3. The molecule has 0 fully saturated rings. The SMILES string of the molecule is CCCCOC(=O)CC[C@H](NC(C)=O)C(=O)OCCCC. The molecular formula is C15H27NO5. The standard InChI is InChI=1S/C15H27NO5/c1-4-6-10-20-14(18)9-8-13(16-12(3)17)15(19)21-11-7-5-2/h13H,4-11H2,1-3H3,(H,16,17)/t13-/m0/s1. The zero-order valence-electron chi connectivity index (χ0n) is 13.3. The van der Waals surface area contributed by atoms with E-state index in [1.54, 1.807) is 0 Å². The van der Waals surface area contributed by atoms with E-state index < -0.39 is 12.0 Å². The van der Waals surface area contributed by atoms with E-state index in [9.17, 15) is 14.4 Å². The number of carbonyl (C=O) groups excluding carboxylic acids is 3. The van der Waals surface area contributed by atoms with Crippen molar-refractivity contribution in [2.45, 2.75) is 65.3 Å². The fraction of sp³-hybridized carbons (Fsp3) is 0.800. The Bertz CT molecular complexity index is 330. The first-order valence-corrected chi connectivity index (χ1v) is 7.60. The third kappa shape index (κ3) is 10.8. The maximum absolute atomic E-state index is 11.8. The van der Waals surface area contributed by atoms with Gasteiger partial charge in [0.2, 0.25) is 5.91 Å². The molecule has 0 unspecified atom stereocenters. The molecule has 0 aromatic carbocycles. The second-order valence-corrected chi connectivity index (χ2v) is 4.89. The van der Waals surface area contributed by atoms with Crippen LogP contribution in [0.3, 0.4) is 0 Å². The molecule has 6 nitrogen and oxygen atoms in total. The summed E-state index contributed by atoms with van der Waals surface area (Å²) >= 11 is 0. The lowest BCUT2D eigenvalue weighted by Crippen LogP contribution is -2.41. The summed E-state index contributed by atoms with van der Waals surface area (Å²) in [4.78, 5) is 34.5. The molecule has 0 saturated heterocycles. The predicted molar refractivity (Wildman–Crippen MR) is 78.6 cm³/mol. The van der Waals surface area contributed by atoms with Gasteiger partial charge in [0.25, 0.3) is 0 Å². The summed E-state index contributed by atoms with van der Waals surface area (Å²) in [6.07, 6.45) is 3.73. The van der Waals surface area contributed by atoms with Gasteiger partial charge in [0.15, 0.2) is 0 Å². The Balaban J connectivity index is 4.19. The maximum Gasteiger partial charge on any atom is 0.328 e. The van der Waals surface area contributed by atoms with Crippen LogP contribution in [0.25, 0.3) is 0 Å². The van der Waals surface area contributed by atoms with Crippen molar-refractivity contribution in [3.8, 4) is 0 Å². The Morgan fingerprint density at radius 2 is 1.57 bits per heavy atom. The molecule has 0 aliphatic heterocycles. The van der Waals surface area contributed by atoms with E-state index >= 15 is 0 Å². The third-order valence-corrected chi connectivity index (χ3v) is 2.80. The first-order valence-electron chi connectivity index (χ1n) is 7.60. The van der Waals surface area contributed by atoms with Gasteiger partial charge in [-0.05, 0) is 19.3 Å². The Morgan fingerprint density at radius 3 is 2.10 bits per heavy atom. The average molecular weight is 301 g/mol. The Hall–Kier alpha value is -1.59. The Labute approximate surface area is 126 Å². The quantitative estimate of drug-likeness (QED) is 0.466. The summed E-state index contributed by atoms with van der Waals surface area (Å²) in [5.41, 5.74) is 0. The van der Waals surface area contributed by atoms with Crippen LogP contribution in [0, 0.1) is 0 Å². The number of unbranched alkanes of at least 4 members (excludes halogenated alkanes) is 2. The second kappa shape index (κ2) is 12.2. The van der Waals surface area contributed by atoms with E-state index in [0.29, 0.717) is 13.2 Å². The van der Waals surface area contributed by atoms with Gasteiger partial charge >= 0.3 is 11.9 Å². The van der Waals surface area contributed by atoms with Crippen LogP contribution in [-0.4, -0.2) is 37.1 Å². The van der Waals surface area contributed by atoms with Gasteiger partial charge in [-0.1, -0.05) is 26.7 Å². The molecule has 0 radical (unpaired) electrons. The molecule has 0 aromatic rings. The van der Waals surface area contributed by atoms with Gasteiger partial charge in [0.05, 0.1) is 13.2 Å². The number of esters is 2. The number of amides is 1.